The third-order valence-electron chi connectivity index (χ3n) is 3.08. The molecule has 1 aromatic carbocycles. The first-order valence-corrected chi connectivity index (χ1v) is 5.85. The van der Waals surface area contributed by atoms with Gasteiger partial charge in [-0.15, -0.1) is 0 Å². The average molecular weight is 235 g/mol. The molecule has 0 spiro atoms. The maximum Gasteiger partial charge on any atom is 0.126 e. The largest absolute Gasteiger partial charge is 0.383 e. The molecule has 0 aliphatic carbocycles. The Morgan fingerprint density at radius 2 is 1.83 bits per heavy atom. The van der Waals surface area contributed by atoms with Crippen molar-refractivity contribution in [1.29, 1.82) is 0 Å². The van der Waals surface area contributed by atoms with Crippen molar-refractivity contribution >= 4 is 16.6 Å². The lowest BCUT2D eigenvalue weighted by Crippen LogP contribution is -1.98. The van der Waals surface area contributed by atoms with E-state index < -0.39 is 0 Å². The highest BCUT2D eigenvalue weighted by molar-refractivity contribution is 5.85. The Morgan fingerprint density at radius 1 is 0.944 bits per heavy atom. The fourth-order valence-electron chi connectivity index (χ4n) is 2.15. The second-order valence-corrected chi connectivity index (χ2v) is 4.24. The van der Waals surface area contributed by atoms with E-state index in [2.05, 4.69) is 22.1 Å². The summed E-state index contributed by atoms with van der Waals surface area (Å²) < 4.78 is 0. The number of hydrogen-bond donors (Lipinski definition) is 1. The lowest BCUT2D eigenvalue weighted by atomic mass is 10.00. The molecule has 3 rings (SSSR count). The van der Waals surface area contributed by atoms with E-state index in [0.29, 0.717) is 5.82 Å². The first-order chi connectivity index (χ1) is 8.84. The van der Waals surface area contributed by atoms with Crippen LogP contribution in [0.25, 0.3) is 10.8 Å². The van der Waals surface area contributed by atoms with Crippen LogP contribution in [0.5, 0.6) is 0 Å². The summed E-state index contributed by atoms with van der Waals surface area (Å²) in [6.07, 6.45) is 6.21. The van der Waals surface area contributed by atoms with Crippen LogP contribution in [0.4, 0.5) is 5.82 Å². The maximum absolute atomic E-state index is 5.89. The molecule has 0 atom stereocenters. The van der Waals surface area contributed by atoms with E-state index in [1.54, 1.807) is 6.20 Å². The van der Waals surface area contributed by atoms with Crippen LogP contribution in [0.1, 0.15) is 11.1 Å². The van der Waals surface area contributed by atoms with Crippen LogP contribution in [-0.2, 0) is 6.42 Å². The molecule has 0 aliphatic heterocycles. The van der Waals surface area contributed by atoms with Crippen LogP contribution in [0.15, 0.2) is 55.0 Å². The molecule has 88 valence electrons. The van der Waals surface area contributed by atoms with Crippen LogP contribution in [-0.4, -0.2) is 9.97 Å². The second-order valence-electron chi connectivity index (χ2n) is 4.24. The molecule has 3 nitrogen and oxygen atoms in total. The molecule has 0 aliphatic rings. The molecular weight excluding hydrogens is 222 g/mol. The van der Waals surface area contributed by atoms with Gasteiger partial charge in [-0.3, -0.25) is 4.98 Å². The number of rotatable bonds is 2. The minimum Gasteiger partial charge on any atom is -0.383 e. The van der Waals surface area contributed by atoms with Gasteiger partial charge in [-0.2, -0.15) is 0 Å². The van der Waals surface area contributed by atoms with Gasteiger partial charge in [-0.05, 0) is 28.6 Å². The predicted octanol–water partition coefficient (Wildman–Crippen LogP) is 2.80. The van der Waals surface area contributed by atoms with Crippen molar-refractivity contribution in [2.24, 2.45) is 0 Å². The average Bonchev–Trinajstić information content (AvgIpc) is 2.42. The van der Waals surface area contributed by atoms with Gasteiger partial charge in [0.2, 0.25) is 0 Å². The molecule has 0 radical (unpaired) electrons. The van der Waals surface area contributed by atoms with Crippen molar-refractivity contribution in [2.75, 3.05) is 5.73 Å². The van der Waals surface area contributed by atoms with Gasteiger partial charge in [0.1, 0.15) is 5.82 Å². The van der Waals surface area contributed by atoms with Gasteiger partial charge in [0.25, 0.3) is 0 Å². The number of hydrogen-bond acceptors (Lipinski definition) is 3. The summed E-state index contributed by atoms with van der Waals surface area (Å²) in [5.41, 5.74) is 8.19. The number of fused-ring (bicyclic) bond motifs is 1. The zero-order chi connectivity index (χ0) is 12.4. The Bertz CT molecular complexity index is 687. The van der Waals surface area contributed by atoms with Gasteiger partial charge in [-0.1, -0.05) is 24.3 Å². The van der Waals surface area contributed by atoms with Gasteiger partial charge in [0, 0.05) is 30.4 Å². The molecule has 0 saturated heterocycles. The monoisotopic (exact) mass is 235 g/mol. The van der Waals surface area contributed by atoms with Crippen LogP contribution in [0, 0.1) is 0 Å². The lowest BCUT2D eigenvalue weighted by molar-refractivity contribution is 1.17. The Hall–Kier alpha value is -2.42. The van der Waals surface area contributed by atoms with Gasteiger partial charge < -0.3 is 5.73 Å². The van der Waals surface area contributed by atoms with Crippen molar-refractivity contribution in [1.82, 2.24) is 9.97 Å². The van der Waals surface area contributed by atoms with E-state index in [4.69, 9.17) is 5.73 Å². The molecule has 2 aromatic heterocycles. The Kier molecular flexibility index (Phi) is 2.65. The maximum atomic E-state index is 5.89. The van der Waals surface area contributed by atoms with Gasteiger partial charge in [-0.25, -0.2) is 4.98 Å². The van der Waals surface area contributed by atoms with Gasteiger partial charge >= 0.3 is 0 Å². The summed E-state index contributed by atoms with van der Waals surface area (Å²) in [7, 11) is 0. The van der Waals surface area contributed by atoms with E-state index in [1.165, 1.54) is 10.9 Å². The zero-order valence-corrected chi connectivity index (χ0v) is 9.88. The normalized spacial score (nSPS) is 10.7. The Morgan fingerprint density at radius 3 is 2.72 bits per heavy atom. The van der Waals surface area contributed by atoms with Crippen molar-refractivity contribution in [3.05, 3.63) is 66.1 Å². The fourth-order valence-corrected chi connectivity index (χ4v) is 2.15. The van der Waals surface area contributed by atoms with Crippen molar-refractivity contribution in [3.63, 3.8) is 0 Å². The molecule has 3 heteroatoms. The number of aromatic nitrogens is 2. The van der Waals surface area contributed by atoms with Crippen molar-refractivity contribution < 1.29 is 0 Å². The molecule has 2 N–H and O–H groups in total. The molecule has 0 amide bonds. The zero-order valence-electron chi connectivity index (χ0n) is 9.88. The van der Waals surface area contributed by atoms with E-state index in [-0.39, 0.29) is 0 Å². The number of anilines is 1. The SMILES string of the molecule is Nc1ncccc1Cc1cccc2cnccc12. The summed E-state index contributed by atoms with van der Waals surface area (Å²) in [5, 5.41) is 2.37. The summed E-state index contributed by atoms with van der Waals surface area (Å²) in [5.74, 6) is 0.601. The van der Waals surface area contributed by atoms with E-state index >= 15 is 0 Å². The van der Waals surface area contributed by atoms with E-state index in [9.17, 15) is 0 Å². The highest BCUT2D eigenvalue weighted by Crippen LogP contribution is 2.21. The Balaban J connectivity index is 2.08. The topological polar surface area (TPSA) is 51.8 Å². The van der Waals surface area contributed by atoms with Crippen LogP contribution in [0.2, 0.25) is 0 Å². The third kappa shape index (κ3) is 1.91. The Labute approximate surface area is 105 Å². The van der Waals surface area contributed by atoms with Gasteiger partial charge in [0.05, 0.1) is 0 Å². The van der Waals surface area contributed by atoms with E-state index in [1.807, 2.05) is 36.7 Å². The van der Waals surface area contributed by atoms with E-state index in [0.717, 1.165) is 17.4 Å². The minimum atomic E-state index is 0.601. The molecule has 2 heterocycles. The predicted molar refractivity (Wildman–Crippen MR) is 73.2 cm³/mol. The van der Waals surface area contributed by atoms with Crippen LogP contribution in [0.3, 0.4) is 0 Å². The number of nitrogens with two attached hydrogens (primary N) is 1. The third-order valence-corrected chi connectivity index (χ3v) is 3.08. The molecule has 0 saturated carbocycles. The standard InChI is InChI=1S/C15H13N3/c16-15-12(5-2-7-18-15)9-11-3-1-4-13-10-17-8-6-14(11)13/h1-8,10H,9H2,(H2,16,18). The number of nitrogens with zero attached hydrogens (tertiary/aromatic N) is 2. The number of pyridine rings is 2. The first kappa shape index (κ1) is 10.7. The minimum absolute atomic E-state index is 0.601. The second kappa shape index (κ2) is 4.45. The summed E-state index contributed by atoms with van der Waals surface area (Å²) in [6, 6.07) is 12.2. The summed E-state index contributed by atoms with van der Waals surface area (Å²) in [4.78, 5) is 8.26. The van der Waals surface area contributed by atoms with Crippen LogP contribution >= 0.6 is 0 Å². The highest BCUT2D eigenvalue weighted by atomic mass is 14.8. The fraction of sp³-hybridized carbons (Fsp3) is 0.0667. The molecule has 3 aromatic rings. The smallest absolute Gasteiger partial charge is 0.126 e. The molecule has 0 bridgehead atoms. The molecule has 0 unspecified atom stereocenters. The van der Waals surface area contributed by atoms with Gasteiger partial charge in [0.15, 0.2) is 0 Å². The summed E-state index contributed by atoms with van der Waals surface area (Å²) >= 11 is 0. The number of nitrogen functional groups attached to an aromatic ring is 1. The lowest BCUT2D eigenvalue weighted by Gasteiger charge is -2.07. The van der Waals surface area contributed by atoms with Crippen LogP contribution < -0.4 is 5.73 Å². The van der Waals surface area contributed by atoms with Crippen molar-refractivity contribution in [2.45, 2.75) is 6.42 Å². The highest BCUT2D eigenvalue weighted by Gasteiger charge is 2.04. The molecule has 0 fully saturated rings. The molecular formula is C15H13N3. The first-order valence-electron chi connectivity index (χ1n) is 5.85. The summed E-state index contributed by atoms with van der Waals surface area (Å²) in [6.45, 7) is 0. The molecule has 18 heavy (non-hydrogen) atoms. The van der Waals surface area contributed by atoms with Crippen molar-refractivity contribution in [3.8, 4) is 0 Å². The number of benzene rings is 1. The quantitative estimate of drug-likeness (QED) is 0.743.